The van der Waals surface area contributed by atoms with Gasteiger partial charge in [-0.1, -0.05) is 48.5 Å². The monoisotopic (exact) mass is 376 g/mol. The van der Waals surface area contributed by atoms with Crippen LogP contribution >= 0.6 is 11.8 Å². The highest BCUT2D eigenvalue weighted by Gasteiger charge is 2.24. The van der Waals surface area contributed by atoms with Crippen molar-refractivity contribution in [2.45, 2.75) is 24.4 Å². The minimum absolute atomic E-state index is 0.239. The van der Waals surface area contributed by atoms with Gasteiger partial charge < -0.3 is 19.7 Å². The van der Waals surface area contributed by atoms with Crippen LogP contribution in [0.2, 0.25) is 0 Å². The van der Waals surface area contributed by atoms with Crippen molar-refractivity contribution in [3.63, 3.8) is 0 Å². The highest BCUT2D eigenvalue weighted by Crippen LogP contribution is 2.38. The third-order valence-electron chi connectivity index (χ3n) is 3.83. The number of carbonyl (C=O) groups is 1. The molecule has 2 unspecified atom stereocenters. The quantitative estimate of drug-likeness (QED) is 0.621. The first-order chi connectivity index (χ1) is 12.7. The van der Waals surface area contributed by atoms with E-state index < -0.39 is 11.4 Å². The van der Waals surface area contributed by atoms with E-state index in [9.17, 15) is 15.0 Å². The summed E-state index contributed by atoms with van der Waals surface area (Å²) in [5, 5.41) is 19.3. The molecule has 0 heterocycles. The van der Waals surface area contributed by atoms with Crippen molar-refractivity contribution in [1.29, 1.82) is 0 Å². The maximum absolute atomic E-state index is 11.3. The van der Waals surface area contributed by atoms with Crippen molar-refractivity contribution < 1.29 is 24.5 Å². The first-order valence-corrected chi connectivity index (χ1v) is 9.43. The van der Waals surface area contributed by atoms with Crippen molar-refractivity contribution in [2.24, 2.45) is 0 Å². The first-order valence-electron chi connectivity index (χ1n) is 8.38. The molecule has 0 saturated heterocycles. The van der Waals surface area contributed by atoms with Crippen molar-refractivity contribution in [2.75, 3.05) is 19.5 Å². The van der Waals surface area contributed by atoms with Crippen LogP contribution in [0.1, 0.15) is 22.8 Å². The van der Waals surface area contributed by atoms with Crippen LogP contribution in [0.3, 0.4) is 0 Å². The number of aliphatic hydroxyl groups excluding tert-OH is 2. The van der Waals surface area contributed by atoms with Gasteiger partial charge in [0.1, 0.15) is 12.4 Å². The number of benzene rings is 2. The number of methoxy groups -OCH3 is 1. The smallest absolute Gasteiger partial charge is 0.306 e. The number of para-hydroxylation sites is 1. The Hall–Kier alpha value is -2.02. The highest BCUT2D eigenvalue weighted by molar-refractivity contribution is 7.99. The molecule has 2 N–H and O–H groups in total. The third-order valence-corrected chi connectivity index (χ3v) is 5.20. The van der Waals surface area contributed by atoms with Gasteiger partial charge in [0, 0.05) is 11.3 Å². The second-order valence-corrected chi connectivity index (χ2v) is 6.93. The van der Waals surface area contributed by atoms with E-state index in [4.69, 9.17) is 4.74 Å². The fourth-order valence-electron chi connectivity index (χ4n) is 2.46. The fourth-order valence-corrected chi connectivity index (χ4v) is 3.68. The molecule has 6 heteroatoms. The maximum atomic E-state index is 11.3. The second kappa shape index (κ2) is 10.9. The Balaban J connectivity index is 2.12. The minimum Gasteiger partial charge on any atom is -0.489 e. The van der Waals surface area contributed by atoms with Crippen molar-refractivity contribution >= 4 is 17.7 Å². The summed E-state index contributed by atoms with van der Waals surface area (Å²) in [5.41, 5.74) is 1.83. The molecule has 2 rings (SSSR count). The maximum Gasteiger partial charge on any atom is 0.306 e. The Labute approximate surface area is 158 Å². The topological polar surface area (TPSA) is 76.0 Å². The molecule has 26 heavy (non-hydrogen) atoms. The molecule has 0 fully saturated rings. The molecule has 0 spiro atoms. The highest BCUT2D eigenvalue weighted by atomic mass is 32.2. The number of aliphatic hydroxyl groups is 2. The Morgan fingerprint density at radius 3 is 2.50 bits per heavy atom. The van der Waals surface area contributed by atoms with E-state index >= 15 is 0 Å². The van der Waals surface area contributed by atoms with E-state index in [2.05, 4.69) is 4.74 Å². The minimum atomic E-state index is -0.959. The lowest BCUT2D eigenvalue weighted by atomic mass is 10.1. The SMILES string of the molecule is COC(=O)CCSC(c1ccccc1OCc1ccccc1)C(O)CO. The van der Waals surface area contributed by atoms with Gasteiger partial charge in [-0.05, 0) is 11.6 Å². The molecule has 0 aliphatic rings. The zero-order valence-corrected chi connectivity index (χ0v) is 15.5. The first kappa shape index (κ1) is 20.3. The summed E-state index contributed by atoms with van der Waals surface area (Å²) in [4.78, 5) is 11.3. The summed E-state index contributed by atoms with van der Waals surface area (Å²) in [6.45, 7) is 0.0372. The summed E-state index contributed by atoms with van der Waals surface area (Å²) in [5.74, 6) is 0.823. The summed E-state index contributed by atoms with van der Waals surface area (Å²) < 4.78 is 10.6. The number of rotatable bonds is 10. The predicted octanol–water partition coefficient (Wildman–Crippen LogP) is 2.96. The lowest BCUT2D eigenvalue weighted by Gasteiger charge is -2.24. The Morgan fingerprint density at radius 2 is 1.81 bits per heavy atom. The molecule has 0 aliphatic heterocycles. The van der Waals surface area contributed by atoms with Crippen molar-refractivity contribution in [3.8, 4) is 5.75 Å². The molecule has 2 atom stereocenters. The molecule has 0 amide bonds. The fraction of sp³-hybridized carbons (Fsp3) is 0.350. The summed E-state index contributed by atoms with van der Waals surface area (Å²) in [7, 11) is 1.35. The summed E-state index contributed by atoms with van der Waals surface area (Å²) >= 11 is 1.40. The van der Waals surface area contributed by atoms with Gasteiger partial charge in [-0.25, -0.2) is 0 Å². The lowest BCUT2D eigenvalue weighted by Crippen LogP contribution is -2.21. The molecule has 0 saturated carbocycles. The normalized spacial score (nSPS) is 13.0. The molecule has 2 aromatic carbocycles. The largest absolute Gasteiger partial charge is 0.489 e. The van der Waals surface area contributed by atoms with Crippen LogP contribution in [-0.4, -0.2) is 41.8 Å². The Kier molecular flexibility index (Phi) is 8.47. The molecular weight excluding hydrogens is 352 g/mol. The number of ether oxygens (including phenoxy) is 2. The molecule has 0 bridgehead atoms. The lowest BCUT2D eigenvalue weighted by molar-refractivity contribution is -0.140. The molecule has 0 radical (unpaired) electrons. The number of carbonyl (C=O) groups excluding carboxylic acids is 1. The molecule has 0 aromatic heterocycles. The molecule has 0 aliphatic carbocycles. The average Bonchev–Trinajstić information content (AvgIpc) is 2.70. The predicted molar refractivity (Wildman–Crippen MR) is 102 cm³/mol. The van der Waals surface area contributed by atoms with Crippen LogP contribution in [0, 0.1) is 0 Å². The van der Waals surface area contributed by atoms with Crippen LogP contribution in [0.15, 0.2) is 54.6 Å². The third kappa shape index (κ3) is 6.05. The van der Waals surface area contributed by atoms with E-state index in [1.165, 1.54) is 18.9 Å². The van der Waals surface area contributed by atoms with E-state index in [1.54, 1.807) is 0 Å². The molecular formula is C20H24O5S. The van der Waals surface area contributed by atoms with Crippen LogP contribution in [0.5, 0.6) is 5.75 Å². The van der Waals surface area contributed by atoms with Crippen LogP contribution in [0.4, 0.5) is 0 Å². The summed E-state index contributed by atoms with van der Waals surface area (Å²) in [6, 6.07) is 17.3. The van der Waals surface area contributed by atoms with E-state index in [0.29, 0.717) is 18.1 Å². The average molecular weight is 376 g/mol. The van der Waals surface area contributed by atoms with Gasteiger partial charge in [0.05, 0.1) is 31.5 Å². The van der Waals surface area contributed by atoms with Gasteiger partial charge in [-0.3, -0.25) is 4.79 Å². The van der Waals surface area contributed by atoms with Gasteiger partial charge in [-0.2, -0.15) is 11.8 Å². The van der Waals surface area contributed by atoms with Crippen LogP contribution < -0.4 is 4.74 Å². The Bertz CT molecular complexity index is 677. The van der Waals surface area contributed by atoms with E-state index in [0.717, 1.165) is 11.1 Å². The number of esters is 1. The number of hydrogen-bond donors (Lipinski definition) is 2. The second-order valence-electron chi connectivity index (χ2n) is 5.68. The Morgan fingerprint density at radius 1 is 1.12 bits per heavy atom. The summed E-state index contributed by atoms with van der Waals surface area (Å²) in [6.07, 6.45) is -0.720. The molecule has 2 aromatic rings. The standard InChI is InChI=1S/C20H24O5S/c1-24-19(23)11-12-26-20(17(22)13-21)16-9-5-6-10-18(16)25-14-15-7-3-2-4-8-15/h2-10,17,20-22H,11-14H2,1H3. The zero-order valence-electron chi connectivity index (χ0n) is 14.7. The van der Waals surface area contributed by atoms with Crippen molar-refractivity contribution in [1.82, 2.24) is 0 Å². The molecule has 5 nitrogen and oxygen atoms in total. The zero-order chi connectivity index (χ0) is 18.8. The van der Waals surface area contributed by atoms with Gasteiger partial charge >= 0.3 is 5.97 Å². The van der Waals surface area contributed by atoms with E-state index in [-0.39, 0.29) is 19.0 Å². The molecule has 140 valence electrons. The van der Waals surface area contributed by atoms with Crippen LogP contribution in [0.25, 0.3) is 0 Å². The van der Waals surface area contributed by atoms with Gasteiger partial charge in [0.15, 0.2) is 0 Å². The van der Waals surface area contributed by atoms with Gasteiger partial charge in [0.2, 0.25) is 0 Å². The number of hydrogen-bond acceptors (Lipinski definition) is 6. The number of thioether (sulfide) groups is 1. The van der Waals surface area contributed by atoms with Crippen LogP contribution in [-0.2, 0) is 16.1 Å². The van der Waals surface area contributed by atoms with Gasteiger partial charge in [0.25, 0.3) is 0 Å². The van der Waals surface area contributed by atoms with E-state index in [1.807, 2.05) is 54.6 Å². The van der Waals surface area contributed by atoms with Crippen molar-refractivity contribution in [3.05, 3.63) is 65.7 Å². The van der Waals surface area contributed by atoms with Gasteiger partial charge in [-0.15, -0.1) is 0 Å².